The number of amides is 1. The maximum absolute atomic E-state index is 12.4. The van der Waals surface area contributed by atoms with Crippen molar-refractivity contribution < 1.29 is 9.53 Å². The first kappa shape index (κ1) is 13.9. The Labute approximate surface area is 114 Å². The molecular formula is C15H22N2O2. The van der Waals surface area contributed by atoms with Crippen LogP contribution in [0, 0.1) is 5.92 Å². The van der Waals surface area contributed by atoms with Crippen molar-refractivity contribution in [2.24, 2.45) is 11.7 Å². The highest BCUT2D eigenvalue weighted by Gasteiger charge is 2.25. The zero-order valence-electron chi connectivity index (χ0n) is 11.6. The average molecular weight is 262 g/mol. The molecule has 4 heteroatoms. The van der Waals surface area contributed by atoms with Gasteiger partial charge < -0.3 is 15.4 Å². The lowest BCUT2D eigenvalue weighted by Crippen LogP contribution is -2.42. The van der Waals surface area contributed by atoms with Crippen LogP contribution in [0.4, 0.5) is 0 Å². The van der Waals surface area contributed by atoms with E-state index in [1.807, 2.05) is 30.0 Å². The smallest absolute Gasteiger partial charge is 0.253 e. The quantitative estimate of drug-likeness (QED) is 0.905. The molecule has 1 unspecified atom stereocenters. The molecule has 1 aliphatic heterocycles. The number of likely N-dealkylation sites (tertiary alicyclic amines) is 1. The molecule has 1 aliphatic rings. The molecule has 1 heterocycles. The van der Waals surface area contributed by atoms with Crippen molar-refractivity contribution in [1.29, 1.82) is 0 Å². The minimum atomic E-state index is 0.0852. The van der Waals surface area contributed by atoms with E-state index >= 15 is 0 Å². The van der Waals surface area contributed by atoms with Crippen LogP contribution in [-0.4, -0.2) is 37.0 Å². The van der Waals surface area contributed by atoms with Crippen molar-refractivity contribution >= 4 is 5.91 Å². The number of hydrogen-bond acceptors (Lipinski definition) is 3. The van der Waals surface area contributed by atoms with E-state index in [9.17, 15) is 4.79 Å². The van der Waals surface area contributed by atoms with Gasteiger partial charge in [-0.3, -0.25) is 4.79 Å². The molecule has 1 aromatic carbocycles. The molecule has 104 valence electrons. The summed E-state index contributed by atoms with van der Waals surface area (Å²) in [5.74, 6) is 1.34. The van der Waals surface area contributed by atoms with Crippen LogP contribution in [-0.2, 0) is 0 Å². The Morgan fingerprint density at radius 1 is 1.42 bits per heavy atom. The standard InChI is InChI=1S/C15H22N2O2/c1-11(16)12-6-8-17(9-7-12)15(18)13-4-3-5-14(10-13)19-2/h3-5,10-12H,6-9,16H2,1-2H3. The predicted molar refractivity (Wildman–Crippen MR) is 75.3 cm³/mol. The summed E-state index contributed by atoms with van der Waals surface area (Å²) < 4.78 is 5.15. The van der Waals surface area contributed by atoms with Gasteiger partial charge in [0, 0.05) is 24.7 Å². The van der Waals surface area contributed by atoms with Crippen LogP contribution in [0.5, 0.6) is 5.75 Å². The summed E-state index contributed by atoms with van der Waals surface area (Å²) in [6.07, 6.45) is 1.99. The van der Waals surface area contributed by atoms with E-state index in [2.05, 4.69) is 0 Å². The van der Waals surface area contributed by atoms with Gasteiger partial charge in [0.1, 0.15) is 5.75 Å². The Morgan fingerprint density at radius 2 is 2.11 bits per heavy atom. The predicted octanol–water partition coefficient (Wildman–Crippen LogP) is 1.89. The van der Waals surface area contributed by atoms with Crippen molar-refractivity contribution in [3.8, 4) is 5.75 Å². The largest absolute Gasteiger partial charge is 0.497 e. The Bertz CT molecular complexity index is 438. The summed E-state index contributed by atoms with van der Waals surface area (Å²) in [5.41, 5.74) is 6.61. The third kappa shape index (κ3) is 3.26. The number of methoxy groups -OCH3 is 1. The lowest BCUT2D eigenvalue weighted by molar-refractivity contribution is 0.0680. The Kier molecular flexibility index (Phi) is 4.43. The number of hydrogen-bond donors (Lipinski definition) is 1. The van der Waals surface area contributed by atoms with Gasteiger partial charge in [-0.1, -0.05) is 6.07 Å². The number of nitrogens with zero attached hydrogens (tertiary/aromatic N) is 1. The van der Waals surface area contributed by atoms with Crippen LogP contribution < -0.4 is 10.5 Å². The molecule has 0 radical (unpaired) electrons. The second-order valence-electron chi connectivity index (χ2n) is 5.22. The summed E-state index contributed by atoms with van der Waals surface area (Å²) >= 11 is 0. The monoisotopic (exact) mass is 262 g/mol. The number of nitrogens with two attached hydrogens (primary N) is 1. The Hall–Kier alpha value is -1.55. The normalized spacial score (nSPS) is 18.2. The van der Waals surface area contributed by atoms with Crippen molar-refractivity contribution in [2.45, 2.75) is 25.8 Å². The minimum Gasteiger partial charge on any atom is -0.497 e. The number of rotatable bonds is 3. The zero-order chi connectivity index (χ0) is 13.8. The van der Waals surface area contributed by atoms with Crippen LogP contribution >= 0.6 is 0 Å². The van der Waals surface area contributed by atoms with Crippen molar-refractivity contribution in [3.63, 3.8) is 0 Å². The number of benzene rings is 1. The molecule has 0 aromatic heterocycles. The fourth-order valence-corrected chi connectivity index (χ4v) is 2.57. The summed E-state index contributed by atoms with van der Waals surface area (Å²) in [6, 6.07) is 7.54. The number of carbonyl (C=O) groups excluding carboxylic acids is 1. The first-order chi connectivity index (χ1) is 9.11. The van der Waals surface area contributed by atoms with Gasteiger partial charge in [-0.05, 0) is 43.9 Å². The fraction of sp³-hybridized carbons (Fsp3) is 0.533. The second-order valence-corrected chi connectivity index (χ2v) is 5.22. The summed E-state index contributed by atoms with van der Waals surface area (Å²) in [4.78, 5) is 14.3. The maximum atomic E-state index is 12.4. The number of ether oxygens (including phenoxy) is 1. The molecule has 2 N–H and O–H groups in total. The molecule has 1 atom stereocenters. The zero-order valence-corrected chi connectivity index (χ0v) is 11.6. The van der Waals surface area contributed by atoms with Crippen molar-refractivity contribution in [3.05, 3.63) is 29.8 Å². The van der Waals surface area contributed by atoms with Crippen molar-refractivity contribution in [1.82, 2.24) is 4.90 Å². The highest BCUT2D eigenvalue weighted by Crippen LogP contribution is 2.22. The lowest BCUT2D eigenvalue weighted by Gasteiger charge is -2.33. The van der Waals surface area contributed by atoms with Gasteiger partial charge in [0.05, 0.1) is 7.11 Å². The minimum absolute atomic E-state index is 0.0852. The van der Waals surface area contributed by atoms with Gasteiger partial charge in [0.25, 0.3) is 5.91 Å². The third-order valence-electron chi connectivity index (χ3n) is 3.89. The van der Waals surface area contributed by atoms with Gasteiger partial charge >= 0.3 is 0 Å². The van der Waals surface area contributed by atoms with Gasteiger partial charge in [0.2, 0.25) is 0 Å². The second kappa shape index (κ2) is 6.06. The molecule has 0 spiro atoms. The van der Waals surface area contributed by atoms with E-state index in [1.54, 1.807) is 13.2 Å². The molecule has 1 fully saturated rings. The van der Waals surface area contributed by atoms with E-state index in [1.165, 1.54) is 0 Å². The first-order valence-electron chi connectivity index (χ1n) is 6.80. The van der Waals surface area contributed by atoms with Gasteiger partial charge in [0.15, 0.2) is 0 Å². The van der Waals surface area contributed by atoms with E-state index in [-0.39, 0.29) is 11.9 Å². The first-order valence-corrected chi connectivity index (χ1v) is 6.80. The lowest BCUT2D eigenvalue weighted by atomic mass is 9.90. The molecule has 2 rings (SSSR count). The van der Waals surface area contributed by atoms with Crippen LogP contribution in [0.15, 0.2) is 24.3 Å². The number of carbonyl (C=O) groups is 1. The fourth-order valence-electron chi connectivity index (χ4n) is 2.57. The van der Waals surface area contributed by atoms with Crippen LogP contribution in [0.1, 0.15) is 30.1 Å². The Morgan fingerprint density at radius 3 is 2.68 bits per heavy atom. The van der Waals surface area contributed by atoms with Gasteiger partial charge in [-0.25, -0.2) is 0 Å². The van der Waals surface area contributed by atoms with E-state index in [0.717, 1.165) is 31.7 Å². The number of piperidine rings is 1. The molecule has 0 saturated carbocycles. The molecule has 4 nitrogen and oxygen atoms in total. The van der Waals surface area contributed by atoms with Crippen LogP contribution in [0.25, 0.3) is 0 Å². The molecular weight excluding hydrogens is 240 g/mol. The van der Waals surface area contributed by atoms with E-state index in [4.69, 9.17) is 10.5 Å². The maximum Gasteiger partial charge on any atom is 0.253 e. The summed E-state index contributed by atoms with van der Waals surface area (Å²) in [7, 11) is 1.61. The van der Waals surface area contributed by atoms with Gasteiger partial charge in [-0.2, -0.15) is 0 Å². The topological polar surface area (TPSA) is 55.6 Å². The van der Waals surface area contributed by atoms with Crippen LogP contribution in [0.3, 0.4) is 0 Å². The molecule has 0 bridgehead atoms. The van der Waals surface area contributed by atoms with Crippen LogP contribution in [0.2, 0.25) is 0 Å². The molecule has 19 heavy (non-hydrogen) atoms. The SMILES string of the molecule is COc1cccc(C(=O)N2CCC(C(C)N)CC2)c1. The molecule has 1 amide bonds. The van der Waals surface area contributed by atoms with E-state index < -0.39 is 0 Å². The summed E-state index contributed by atoms with van der Waals surface area (Å²) in [6.45, 7) is 3.63. The molecule has 0 aliphatic carbocycles. The summed E-state index contributed by atoms with van der Waals surface area (Å²) in [5, 5.41) is 0. The third-order valence-corrected chi connectivity index (χ3v) is 3.89. The molecule has 1 saturated heterocycles. The van der Waals surface area contributed by atoms with Gasteiger partial charge in [-0.15, -0.1) is 0 Å². The van der Waals surface area contributed by atoms with E-state index in [0.29, 0.717) is 11.5 Å². The molecule has 1 aromatic rings. The highest BCUT2D eigenvalue weighted by molar-refractivity contribution is 5.94. The average Bonchev–Trinajstić information content (AvgIpc) is 2.46. The van der Waals surface area contributed by atoms with Crippen molar-refractivity contribution in [2.75, 3.05) is 20.2 Å². The highest BCUT2D eigenvalue weighted by atomic mass is 16.5. The Balaban J connectivity index is 2.01.